The fraction of sp³-hybridized carbons (Fsp3) is 0.359. The molecular weight excluding hydrogens is 704 g/mol. The number of aryl methyl sites for hydroxylation is 1. The smallest absolute Gasteiger partial charge is 0.407 e. The van der Waals surface area contributed by atoms with Crippen molar-refractivity contribution in [2.24, 2.45) is 12.8 Å². The van der Waals surface area contributed by atoms with E-state index in [4.69, 9.17) is 10.5 Å². The molecule has 4 atom stereocenters. The Kier molecular flexibility index (Phi) is 10.7. The highest BCUT2D eigenvalue weighted by Crippen LogP contribution is 2.35. The van der Waals surface area contributed by atoms with Gasteiger partial charge in [0.05, 0.1) is 55.0 Å². The van der Waals surface area contributed by atoms with E-state index in [9.17, 15) is 19.2 Å². The highest BCUT2D eigenvalue weighted by molar-refractivity contribution is 5.86. The zero-order valence-electron chi connectivity index (χ0n) is 30.9. The van der Waals surface area contributed by atoms with E-state index in [1.165, 1.54) is 7.11 Å². The lowest BCUT2D eigenvalue weighted by Crippen LogP contribution is -2.46. The van der Waals surface area contributed by atoms with Gasteiger partial charge in [0, 0.05) is 32.8 Å². The number of hydrogen-bond acceptors (Lipinski definition) is 9. The van der Waals surface area contributed by atoms with Crippen LogP contribution in [-0.4, -0.2) is 95.6 Å². The molecule has 4 amide bonds. The van der Waals surface area contributed by atoms with Crippen molar-refractivity contribution in [2.75, 3.05) is 20.2 Å². The SMILES string of the molecule is COC(=O)N[C@@H](C)C(=O)N1CCCC1c1ncc(-c2ccc(-c3ccc(-c4cnc([C@@H]5CCCN5C(=O)[C@H](Cc5cn(C)cn5)OC(N)=O)[nH]4)cc3)cc2)[nH]1. The lowest BCUT2D eigenvalue weighted by Gasteiger charge is -2.27. The van der Waals surface area contributed by atoms with E-state index in [2.05, 4.69) is 59.2 Å². The van der Waals surface area contributed by atoms with Crippen molar-refractivity contribution in [3.8, 4) is 33.6 Å². The minimum Gasteiger partial charge on any atom is -0.453 e. The number of carbonyl (C=O) groups excluding carboxylic acids is 4. The molecule has 16 nitrogen and oxygen atoms in total. The molecule has 2 aliphatic rings. The van der Waals surface area contributed by atoms with Crippen LogP contribution in [0.2, 0.25) is 0 Å². The quantitative estimate of drug-likeness (QED) is 0.148. The van der Waals surface area contributed by atoms with E-state index in [0.717, 1.165) is 52.9 Å². The van der Waals surface area contributed by atoms with Gasteiger partial charge >= 0.3 is 12.2 Å². The lowest BCUT2D eigenvalue weighted by molar-refractivity contribution is -0.141. The number of aromatic amines is 2. The molecule has 0 aliphatic carbocycles. The molecule has 5 aromatic rings. The average Bonchev–Trinajstić information content (AvgIpc) is 4.04. The number of primary amides is 1. The van der Waals surface area contributed by atoms with Crippen LogP contribution in [0, 0.1) is 0 Å². The molecule has 2 fully saturated rings. The summed E-state index contributed by atoms with van der Waals surface area (Å²) in [5.41, 5.74) is 11.6. The maximum absolute atomic E-state index is 13.7. The fourth-order valence-electron chi connectivity index (χ4n) is 7.43. The number of amides is 4. The third kappa shape index (κ3) is 8.07. The largest absolute Gasteiger partial charge is 0.453 e. The molecule has 0 bridgehead atoms. The van der Waals surface area contributed by atoms with Gasteiger partial charge in [-0.15, -0.1) is 0 Å². The molecule has 2 aromatic carbocycles. The van der Waals surface area contributed by atoms with E-state index in [1.807, 2.05) is 31.3 Å². The number of benzene rings is 2. The number of rotatable bonds is 11. The van der Waals surface area contributed by atoms with E-state index in [0.29, 0.717) is 36.9 Å². The number of methoxy groups -OCH3 is 1. The Morgan fingerprint density at radius 2 is 1.33 bits per heavy atom. The van der Waals surface area contributed by atoms with Crippen LogP contribution >= 0.6 is 0 Å². The number of alkyl carbamates (subject to hydrolysis) is 1. The van der Waals surface area contributed by atoms with E-state index in [1.54, 1.807) is 46.2 Å². The van der Waals surface area contributed by atoms with Crippen LogP contribution in [0.1, 0.15) is 62.0 Å². The molecule has 3 aromatic heterocycles. The van der Waals surface area contributed by atoms with Gasteiger partial charge in [-0.2, -0.15) is 0 Å². The predicted molar refractivity (Wildman–Crippen MR) is 201 cm³/mol. The van der Waals surface area contributed by atoms with Crippen molar-refractivity contribution < 1.29 is 28.7 Å². The Balaban J connectivity index is 0.994. The van der Waals surface area contributed by atoms with Crippen LogP contribution in [-0.2, 0) is 32.5 Å². The van der Waals surface area contributed by atoms with Gasteiger partial charge < -0.3 is 44.9 Å². The Hall–Kier alpha value is -6.45. The number of nitrogens with two attached hydrogens (primary N) is 1. The highest BCUT2D eigenvalue weighted by atomic mass is 16.6. The third-order valence-corrected chi connectivity index (χ3v) is 10.2. The van der Waals surface area contributed by atoms with E-state index < -0.39 is 24.3 Å². The number of nitrogens with zero attached hydrogens (tertiary/aromatic N) is 6. The maximum Gasteiger partial charge on any atom is 0.407 e. The normalized spacial score (nSPS) is 17.9. The van der Waals surface area contributed by atoms with Crippen molar-refractivity contribution >= 4 is 24.0 Å². The molecule has 16 heteroatoms. The minimum absolute atomic E-state index is 0.121. The molecular formula is C39H44N10O6. The van der Waals surface area contributed by atoms with Crippen LogP contribution in [0.25, 0.3) is 33.6 Å². The minimum atomic E-state index is -1.09. The standard InChI is InChI=1S/C39H44N10O6/c1-23(44-39(53)54-3)36(50)48-16-4-6-31(48)34-41-19-29(45-34)26-12-8-24(9-13-26)25-10-14-27(15-11-25)30-20-42-35(46-30)32-7-5-17-49(32)37(51)33(55-38(40)52)18-28-21-47(2)22-43-28/h8-15,19-23,31-33H,4-7,16-18H2,1-3H3,(H2,40,52)(H,41,45)(H,42,46)(H,44,53)/t23-,31?,32-,33-/m0/s1. The summed E-state index contributed by atoms with van der Waals surface area (Å²) in [4.78, 5) is 73.9. The summed E-state index contributed by atoms with van der Waals surface area (Å²) in [6.07, 6.45) is 7.45. The van der Waals surface area contributed by atoms with E-state index in [-0.39, 0.29) is 30.3 Å². The lowest BCUT2D eigenvalue weighted by atomic mass is 10.0. The first-order valence-corrected chi connectivity index (χ1v) is 18.3. The Morgan fingerprint density at radius 3 is 1.80 bits per heavy atom. The number of aromatic nitrogens is 6. The van der Waals surface area contributed by atoms with Gasteiger partial charge in [0.25, 0.3) is 5.91 Å². The van der Waals surface area contributed by atoms with Crippen molar-refractivity contribution in [3.63, 3.8) is 0 Å². The number of likely N-dealkylation sites (tertiary alicyclic amines) is 2. The molecule has 0 spiro atoms. The Labute approximate surface area is 317 Å². The molecule has 7 rings (SSSR count). The molecule has 2 aliphatic heterocycles. The Bertz CT molecular complexity index is 2160. The second-order valence-electron chi connectivity index (χ2n) is 13.9. The average molecular weight is 749 g/mol. The van der Waals surface area contributed by atoms with Crippen molar-refractivity contribution in [2.45, 2.75) is 63.3 Å². The first-order valence-electron chi connectivity index (χ1n) is 18.3. The van der Waals surface area contributed by atoms with Gasteiger partial charge in [-0.25, -0.2) is 24.5 Å². The van der Waals surface area contributed by atoms with Gasteiger partial charge in [0.2, 0.25) is 5.91 Å². The zero-order chi connectivity index (χ0) is 38.6. The topological polar surface area (TPSA) is 206 Å². The summed E-state index contributed by atoms with van der Waals surface area (Å²) in [7, 11) is 3.09. The number of imidazole rings is 3. The van der Waals surface area contributed by atoms with Gasteiger partial charge in [-0.3, -0.25) is 9.59 Å². The van der Waals surface area contributed by atoms with Crippen molar-refractivity contribution in [1.82, 2.24) is 44.6 Å². The summed E-state index contributed by atoms with van der Waals surface area (Å²) >= 11 is 0. The van der Waals surface area contributed by atoms with Crippen molar-refractivity contribution in [3.05, 3.63) is 90.8 Å². The first kappa shape index (κ1) is 36.9. The van der Waals surface area contributed by atoms with Crippen LogP contribution in [0.3, 0.4) is 0 Å². The summed E-state index contributed by atoms with van der Waals surface area (Å²) in [6.45, 7) is 2.74. The third-order valence-electron chi connectivity index (χ3n) is 10.2. The number of ether oxygens (including phenoxy) is 2. The second kappa shape index (κ2) is 15.9. The number of hydrogen-bond donors (Lipinski definition) is 4. The predicted octanol–water partition coefficient (Wildman–Crippen LogP) is 4.65. The van der Waals surface area contributed by atoms with Crippen LogP contribution < -0.4 is 11.1 Å². The van der Waals surface area contributed by atoms with Gasteiger partial charge in [-0.05, 0) is 54.9 Å². The number of H-pyrrole nitrogens is 2. The fourth-order valence-corrected chi connectivity index (χ4v) is 7.43. The van der Waals surface area contributed by atoms with Crippen molar-refractivity contribution in [1.29, 1.82) is 0 Å². The van der Waals surface area contributed by atoms with Crippen LogP contribution in [0.4, 0.5) is 9.59 Å². The number of carbonyl (C=O) groups is 4. The monoisotopic (exact) mass is 748 g/mol. The van der Waals surface area contributed by atoms with Gasteiger partial charge in [0.1, 0.15) is 17.7 Å². The molecule has 55 heavy (non-hydrogen) atoms. The first-order chi connectivity index (χ1) is 26.6. The molecule has 2 saturated heterocycles. The molecule has 5 N–H and O–H groups in total. The molecule has 5 heterocycles. The zero-order valence-corrected chi connectivity index (χ0v) is 30.9. The van der Waals surface area contributed by atoms with Gasteiger partial charge in [0.15, 0.2) is 6.10 Å². The summed E-state index contributed by atoms with van der Waals surface area (Å²) in [5.74, 6) is 0.862. The summed E-state index contributed by atoms with van der Waals surface area (Å²) in [5, 5.41) is 2.55. The summed E-state index contributed by atoms with van der Waals surface area (Å²) < 4.78 is 11.7. The molecule has 0 radical (unpaired) electrons. The number of nitrogens with one attached hydrogen (secondary N) is 3. The van der Waals surface area contributed by atoms with Gasteiger partial charge in [-0.1, -0.05) is 48.5 Å². The molecule has 1 unspecified atom stereocenters. The molecule has 286 valence electrons. The Morgan fingerprint density at radius 1 is 0.818 bits per heavy atom. The van der Waals surface area contributed by atoms with Crippen LogP contribution in [0.5, 0.6) is 0 Å². The van der Waals surface area contributed by atoms with Crippen LogP contribution in [0.15, 0.2) is 73.4 Å². The molecule has 0 saturated carbocycles. The highest BCUT2D eigenvalue weighted by Gasteiger charge is 2.38. The summed E-state index contributed by atoms with van der Waals surface area (Å²) in [6, 6.07) is 15.1. The maximum atomic E-state index is 13.7. The second-order valence-corrected chi connectivity index (χ2v) is 13.9. The van der Waals surface area contributed by atoms with E-state index >= 15 is 0 Å².